The van der Waals surface area contributed by atoms with Crippen LogP contribution in [0.2, 0.25) is 0 Å². The van der Waals surface area contributed by atoms with Crippen molar-refractivity contribution in [3.05, 3.63) is 38.9 Å². The Bertz CT molecular complexity index is 433. The summed E-state index contributed by atoms with van der Waals surface area (Å²) in [7, 11) is 2.21. The van der Waals surface area contributed by atoms with Crippen LogP contribution in [0.3, 0.4) is 0 Å². The molecule has 0 atom stereocenters. The molecule has 0 bridgehead atoms. The first kappa shape index (κ1) is 17.1. The van der Waals surface area contributed by atoms with Crippen LogP contribution in [0.1, 0.15) is 23.2 Å². The average Bonchev–Trinajstić information content (AvgIpc) is 2.79. The van der Waals surface area contributed by atoms with E-state index in [0.29, 0.717) is 0 Å². The van der Waals surface area contributed by atoms with E-state index < -0.39 is 0 Å². The van der Waals surface area contributed by atoms with Crippen molar-refractivity contribution in [1.29, 1.82) is 0 Å². The number of hydrogen-bond acceptors (Lipinski definition) is 0. The van der Waals surface area contributed by atoms with E-state index in [9.17, 15) is 0 Å². The van der Waals surface area contributed by atoms with Crippen molar-refractivity contribution in [2.75, 3.05) is 0 Å². The van der Waals surface area contributed by atoms with Gasteiger partial charge in [0.05, 0.1) is 0 Å². The zero-order valence-electron chi connectivity index (χ0n) is 10.6. The third kappa shape index (κ3) is 3.29. The Labute approximate surface area is 125 Å². The number of halogens is 2. The van der Waals surface area contributed by atoms with Gasteiger partial charge in [-0.3, -0.25) is 0 Å². The van der Waals surface area contributed by atoms with Gasteiger partial charge in [0.2, 0.25) is 0 Å². The molecule has 0 aliphatic heterocycles. The maximum Gasteiger partial charge on any atom is -1.00 e. The van der Waals surface area contributed by atoms with E-state index >= 15 is 0 Å². The van der Waals surface area contributed by atoms with Crippen LogP contribution in [0, 0.1) is 20.8 Å². The normalized spacial score (nSPS) is 12.6. The van der Waals surface area contributed by atoms with Gasteiger partial charge in [-0.15, -0.1) is 0 Å². The van der Waals surface area contributed by atoms with Crippen LogP contribution in [0.15, 0.2) is 22.1 Å². The molecule has 1 aliphatic carbocycles. The minimum atomic E-state index is -0.0985. The molecule has 0 unspecified atom stereocenters. The van der Waals surface area contributed by atoms with Crippen molar-refractivity contribution in [3.8, 4) is 0 Å². The SMILES string of the molecule is Cc1c(C)[c]([Ti+2][C]2=CC=CC2)n(C)c1C.[Cl-].[Cl-]. The minimum Gasteiger partial charge on any atom is -1.00 e. The third-order valence-electron chi connectivity index (χ3n) is 3.35. The van der Waals surface area contributed by atoms with Crippen molar-refractivity contribution >= 4 is 4.00 Å². The smallest absolute Gasteiger partial charge is 1.00 e. The molecule has 0 saturated carbocycles. The molecule has 4 heteroatoms. The number of aromatic nitrogens is 1. The first-order valence-electron chi connectivity index (χ1n) is 5.36. The summed E-state index contributed by atoms with van der Waals surface area (Å²) >= 11 is -0.0985. The second kappa shape index (κ2) is 6.85. The summed E-state index contributed by atoms with van der Waals surface area (Å²) in [4.78, 5) is 0. The third-order valence-corrected chi connectivity index (χ3v) is 5.91. The molecule has 0 fully saturated rings. The van der Waals surface area contributed by atoms with Crippen LogP contribution in [-0.2, 0) is 26.2 Å². The van der Waals surface area contributed by atoms with Crippen LogP contribution in [-0.4, -0.2) is 4.57 Å². The second-order valence-electron chi connectivity index (χ2n) is 4.19. The zero-order valence-corrected chi connectivity index (χ0v) is 13.7. The first-order valence-corrected chi connectivity index (χ1v) is 6.92. The number of allylic oxidation sites excluding steroid dienone is 4. The predicted octanol–water partition coefficient (Wildman–Crippen LogP) is -3.49. The molecular weight excluding hydrogens is 289 g/mol. The summed E-state index contributed by atoms with van der Waals surface area (Å²) in [5.74, 6) is 0. The fraction of sp³-hybridized carbons (Fsp3) is 0.385. The Balaban J connectivity index is 0.00000128. The van der Waals surface area contributed by atoms with Gasteiger partial charge in [0, 0.05) is 0 Å². The summed E-state index contributed by atoms with van der Waals surface area (Å²) in [6, 6.07) is 0. The summed E-state index contributed by atoms with van der Waals surface area (Å²) in [5.41, 5.74) is 4.42. The number of rotatable bonds is 2. The molecule has 0 saturated heterocycles. The molecular formula is C13H17Cl2NTi. The van der Waals surface area contributed by atoms with Gasteiger partial charge in [-0.05, 0) is 0 Å². The Morgan fingerprint density at radius 3 is 2.18 bits per heavy atom. The van der Waals surface area contributed by atoms with Gasteiger partial charge in [-0.25, -0.2) is 0 Å². The number of nitrogens with zero attached hydrogens (tertiary/aromatic N) is 1. The van der Waals surface area contributed by atoms with Crippen LogP contribution < -0.4 is 28.8 Å². The quantitative estimate of drug-likeness (QED) is 0.500. The fourth-order valence-electron chi connectivity index (χ4n) is 1.99. The molecule has 0 radical (unpaired) electrons. The molecule has 2 rings (SSSR count). The monoisotopic (exact) mass is 305 g/mol. The topological polar surface area (TPSA) is 4.93 Å². The molecule has 0 aromatic carbocycles. The second-order valence-corrected chi connectivity index (χ2v) is 6.33. The van der Waals surface area contributed by atoms with Crippen molar-refractivity contribution in [2.24, 2.45) is 7.05 Å². The van der Waals surface area contributed by atoms with Crippen LogP contribution in [0.5, 0.6) is 0 Å². The van der Waals surface area contributed by atoms with Gasteiger partial charge in [0.15, 0.2) is 0 Å². The van der Waals surface area contributed by atoms with E-state index in [2.05, 4.69) is 50.6 Å². The molecule has 92 valence electrons. The first-order chi connectivity index (χ1) is 7.11. The largest absolute Gasteiger partial charge is 1.00 e. The summed E-state index contributed by atoms with van der Waals surface area (Å²) in [6.45, 7) is 6.73. The molecule has 1 heterocycles. The number of hydrogen-bond donors (Lipinski definition) is 0. The van der Waals surface area contributed by atoms with E-state index in [1.807, 2.05) is 0 Å². The zero-order chi connectivity index (χ0) is 11.0. The fourth-order valence-corrected chi connectivity index (χ4v) is 4.20. The molecule has 1 aliphatic rings. The Kier molecular flexibility index (Phi) is 6.87. The summed E-state index contributed by atoms with van der Waals surface area (Å²) in [5, 5.41) is 0. The van der Waals surface area contributed by atoms with Crippen molar-refractivity contribution in [3.63, 3.8) is 0 Å². The Hall–Kier alpha value is 0.0543. The van der Waals surface area contributed by atoms with Crippen LogP contribution >= 0.6 is 0 Å². The van der Waals surface area contributed by atoms with Gasteiger partial charge in [-0.2, -0.15) is 0 Å². The van der Waals surface area contributed by atoms with E-state index in [4.69, 9.17) is 0 Å². The van der Waals surface area contributed by atoms with E-state index in [0.717, 1.165) is 0 Å². The van der Waals surface area contributed by atoms with Gasteiger partial charge in [0.1, 0.15) is 0 Å². The van der Waals surface area contributed by atoms with E-state index in [-0.39, 0.29) is 44.0 Å². The Morgan fingerprint density at radius 2 is 1.76 bits per heavy atom. The van der Waals surface area contributed by atoms with Crippen LogP contribution in [0.4, 0.5) is 0 Å². The van der Waals surface area contributed by atoms with E-state index in [1.165, 1.54) is 23.2 Å². The van der Waals surface area contributed by atoms with Gasteiger partial charge in [0.25, 0.3) is 0 Å². The van der Waals surface area contributed by atoms with Crippen molar-refractivity contribution in [2.45, 2.75) is 27.2 Å². The predicted molar refractivity (Wildman–Crippen MR) is 61.1 cm³/mol. The Morgan fingerprint density at radius 1 is 1.12 bits per heavy atom. The minimum absolute atomic E-state index is 0. The maximum atomic E-state index is 2.39. The molecule has 1 nitrogen and oxygen atoms in total. The molecule has 1 aromatic heterocycles. The molecule has 1 aromatic rings. The van der Waals surface area contributed by atoms with Crippen LogP contribution in [0.25, 0.3) is 0 Å². The van der Waals surface area contributed by atoms with Crippen molar-refractivity contribution < 1.29 is 44.0 Å². The molecule has 17 heavy (non-hydrogen) atoms. The maximum absolute atomic E-state index is 2.39. The molecule has 0 N–H and O–H groups in total. The van der Waals surface area contributed by atoms with Gasteiger partial charge >= 0.3 is 101 Å². The van der Waals surface area contributed by atoms with Crippen molar-refractivity contribution in [1.82, 2.24) is 4.57 Å². The standard InChI is InChI=1S/C8H12N.C5H5.2ClH.Ti/c1-6-5-9(4)8(3)7(6)2;1-2-4-5-3-1;;;/h1-4H3;1-3H,4H2;2*1H;/q;;;;+2/p-2. The molecule has 0 spiro atoms. The average molecular weight is 306 g/mol. The van der Waals surface area contributed by atoms with Gasteiger partial charge in [-0.1, -0.05) is 0 Å². The molecule has 0 amide bonds. The summed E-state index contributed by atoms with van der Waals surface area (Å²) in [6.07, 6.45) is 7.94. The van der Waals surface area contributed by atoms with E-state index in [1.54, 1.807) is 7.88 Å². The van der Waals surface area contributed by atoms with Gasteiger partial charge < -0.3 is 24.8 Å². The summed E-state index contributed by atoms with van der Waals surface area (Å²) < 4.78 is 5.64.